The number of nitrogens with zero attached hydrogens (tertiary/aromatic N) is 1. The van der Waals surface area contributed by atoms with Crippen molar-refractivity contribution in [2.45, 2.75) is 70.6 Å². The molecule has 1 aliphatic carbocycles. The molecule has 1 saturated carbocycles. The minimum atomic E-state index is -4.00. The number of hydrogen-bond acceptors (Lipinski definition) is 2. The van der Waals surface area contributed by atoms with Gasteiger partial charge in [-0.1, -0.05) is 6.42 Å². The maximum Gasteiger partial charge on any atom is 0.389 e. The van der Waals surface area contributed by atoms with Gasteiger partial charge in [0.15, 0.2) is 0 Å². The van der Waals surface area contributed by atoms with Gasteiger partial charge < -0.3 is 10.2 Å². The minimum absolute atomic E-state index is 0.247. The Morgan fingerprint density at radius 1 is 1.10 bits per heavy atom. The van der Waals surface area contributed by atoms with E-state index in [4.69, 9.17) is 0 Å². The topological polar surface area (TPSA) is 15.3 Å². The highest BCUT2D eigenvalue weighted by molar-refractivity contribution is 4.95. The number of likely N-dealkylation sites (tertiary alicyclic amines) is 1. The summed E-state index contributed by atoms with van der Waals surface area (Å²) in [5.74, 6) is 1.37. The highest BCUT2D eigenvalue weighted by Gasteiger charge is 2.39. The first kappa shape index (κ1) is 17.1. The molecule has 0 aromatic carbocycles. The molecule has 2 nitrogen and oxygen atoms in total. The van der Waals surface area contributed by atoms with Crippen LogP contribution in [0, 0.1) is 11.8 Å². The van der Waals surface area contributed by atoms with Gasteiger partial charge in [-0.15, -0.1) is 0 Å². The van der Waals surface area contributed by atoms with Gasteiger partial charge in [0.05, 0.1) is 0 Å². The molecule has 2 unspecified atom stereocenters. The molecule has 0 amide bonds. The van der Waals surface area contributed by atoms with E-state index in [-0.39, 0.29) is 6.42 Å². The van der Waals surface area contributed by atoms with Crippen LogP contribution in [0.15, 0.2) is 0 Å². The van der Waals surface area contributed by atoms with E-state index in [0.29, 0.717) is 30.3 Å². The number of fused-ring (bicyclic) bond motifs is 2. The van der Waals surface area contributed by atoms with Gasteiger partial charge in [0.25, 0.3) is 0 Å². The number of halogens is 3. The Morgan fingerprint density at radius 2 is 1.71 bits per heavy atom. The highest BCUT2D eigenvalue weighted by Crippen LogP contribution is 2.35. The Labute approximate surface area is 126 Å². The Hall–Kier alpha value is -0.290. The first-order valence-corrected chi connectivity index (χ1v) is 8.41. The van der Waals surface area contributed by atoms with Crippen molar-refractivity contribution < 1.29 is 13.2 Å². The zero-order valence-corrected chi connectivity index (χ0v) is 13.3. The lowest BCUT2D eigenvalue weighted by atomic mass is 9.73. The second kappa shape index (κ2) is 7.32. The molecule has 2 atom stereocenters. The van der Waals surface area contributed by atoms with Crippen molar-refractivity contribution in [3.8, 4) is 0 Å². The summed E-state index contributed by atoms with van der Waals surface area (Å²) in [5, 5.41) is 3.58. The lowest BCUT2D eigenvalue weighted by molar-refractivity contribution is -0.135. The summed E-state index contributed by atoms with van der Waals surface area (Å²) in [6, 6.07) is 1.13. The van der Waals surface area contributed by atoms with E-state index < -0.39 is 12.6 Å². The summed E-state index contributed by atoms with van der Waals surface area (Å²) in [6.45, 7) is 7.53. The molecular weight excluding hydrogens is 277 g/mol. The van der Waals surface area contributed by atoms with Gasteiger partial charge in [0, 0.05) is 31.6 Å². The van der Waals surface area contributed by atoms with Crippen molar-refractivity contribution in [1.29, 1.82) is 0 Å². The van der Waals surface area contributed by atoms with Crippen LogP contribution in [0.1, 0.15) is 52.4 Å². The maximum absolute atomic E-state index is 12.1. The third-order valence-corrected chi connectivity index (χ3v) is 5.10. The molecule has 0 spiro atoms. The van der Waals surface area contributed by atoms with E-state index in [9.17, 15) is 13.2 Å². The second-order valence-corrected chi connectivity index (χ2v) is 7.05. The number of alkyl halides is 3. The Kier molecular flexibility index (Phi) is 5.95. The monoisotopic (exact) mass is 306 g/mol. The SMILES string of the molecule is CC(C)N1CC2CCCC(C1)C2NCCCCC(F)(F)F. The van der Waals surface area contributed by atoms with Crippen LogP contribution in [-0.2, 0) is 0 Å². The lowest BCUT2D eigenvalue weighted by Gasteiger charge is -2.49. The molecule has 2 rings (SSSR count). The average molecular weight is 306 g/mol. The predicted octanol–water partition coefficient (Wildman–Crippen LogP) is 3.82. The third kappa shape index (κ3) is 5.13. The fourth-order valence-corrected chi connectivity index (χ4v) is 3.95. The van der Waals surface area contributed by atoms with E-state index in [1.165, 1.54) is 19.3 Å². The van der Waals surface area contributed by atoms with Gasteiger partial charge in [-0.25, -0.2) is 0 Å². The van der Waals surface area contributed by atoms with Gasteiger partial charge in [0.1, 0.15) is 0 Å². The van der Waals surface area contributed by atoms with Gasteiger partial charge in [0.2, 0.25) is 0 Å². The first-order chi connectivity index (χ1) is 9.87. The normalized spacial score (nSPS) is 30.9. The molecule has 2 aliphatic rings. The largest absolute Gasteiger partial charge is 0.389 e. The van der Waals surface area contributed by atoms with Crippen LogP contribution in [0.3, 0.4) is 0 Å². The van der Waals surface area contributed by atoms with Crippen LogP contribution in [0.25, 0.3) is 0 Å². The fraction of sp³-hybridized carbons (Fsp3) is 1.00. The van der Waals surface area contributed by atoms with Crippen molar-refractivity contribution >= 4 is 0 Å². The summed E-state index contributed by atoms with van der Waals surface area (Å²) >= 11 is 0. The van der Waals surface area contributed by atoms with Gasteiger partial charge in [-0.3, -0.25) is 0 Å². The predicted molar refractivity (Wildman–Crippen MR) is 79.2 cm³/mol. The van der Waals surface area contributed by atoms with Gasteiger partial charge >= 0.3 is 6.18 Å². The van der Waals surface area contributed by atoms with Crippen LogP contribution >= 0.6 is 0 Å². The molecule has 0 radical (unpaired) electrons. The van der Waals surface area contributed by atoms with Crippen molar-refractivity contribution in [1.82, 2.24) is 10.2 Å². The number of unbranched alkanes of at least 4 members (excludes halogenated alkanes) is 1. The van der Waals surface area contributed by atoms with Gasteiger partial charge in [-0.2, -0.15) is 13.2 Å². The molecule has 1 N–H and O–H groups in total. The molecular formula is C16H29F3N2. The molecule has 124 valence electrons. The van der Waals surface area contributed by atoms with Crippen molar-refractivity contribution in [2.24, 2.45) is 11.8 Å². The Balaban J connectivity index is 1.73. The molecule has 1 aliphatic heterocycles. The van der Waals surface area contributed by atoms with E-state index in [1.54, 1.807) is 0 Å². The number of hydrogen-bond donors (Lipinski definition) is 1. The first-order valence-electron chi connectivity index (χ1n) is 8.41. The molecule has 21 heavy (non-hydrogen) atoms. The Morgan fingerprint density at radius 3 is 2.24 bits per heavy atom. The molecule has 0 aromatic rings. The average Bonchev–Trinajstić information content (AvgIpc) is 2.35. The van der Waals surface area contributed by atoms with Crippen molar-refractivity contribution in [3.05, 3.63) is 0 Å². The quantitative estimate of drug-likeness (QED) is 0.751. The van der Waals surface area contributed by atoms with Gasteiger partial charge in [-0.05, 0) is 57.9 Å². The van der Waals surface area contributed by atoms with E-state index >= 15 is 0 Å². The summed E-state index contributed by atoms with van der Waals surface area (Å²) in [7, 11) is 0. The molecule has 1 saturated heterocycles. The fourth-order valence-electron chi connectivity index (χ4n) is 3.95. The van der Waals surface area contributed by atoms with Crippen molar-refractivity contribution in [2.75, 3.05) is 19.6 Å². The summed E-state index contributed by atoms with van der Waals surface area (Å²) in [4.78, 5) is 2.57. The van der Waals surface area contributed by atoms with Crippen molar-refractivity contribution in [3.63, 3.8) is 0 Å². The van der Waals surface area contributed by atoms with E-state index in [0.717, 1.165) is 19.6 Å². The summed E-state index contributed by atoms with van der Waals surface area (Å²) in [6.07, 6.45) is 0.0693. The molecule has 1 heterocycles. The Bertz CT molecular complexity index is 303. The smallest absolute Gasteiger partial charge is 0.313 e. The second-order valence-electron chi connectivity index (χ2n) is 7.05. The maximum atomic E-state index is 12.1. The minimum Gasteiger partial charge on any atom is -0.313 e. The molecule has 2 bridgehead atoms. The van der Waals surface area contributed by atoms with E-state index in [2.05, 4.69) is 24.1 Å². The molecule has 0 aromatic heterocycles. The van der Waals surface area contributed by atoms with Crippen LogP contribution in [-0.4, -0.2) is 42.8 Å². The standard InChI is InChI=1S/C16H29F3N2/c1-12(2)21-10-13-6-5-7-14(11-21)15(13)20-9-4-3-8-16(17,18)19/h12-15,20H,3-11H2,1-2H3. The molecule has 2 fully saturated rings. The highest BCUT2D eigenvalue weighted by atomic mass is 19.4. The number of rotatable bonds is 6. The van der Waals surface area contributed by atoms with Crippen LogP contribution in [0.2, 0.25) is 0 Å². The van der Waals surface area contributed by atoms with Crippen LogP contribution in [0.5, 0.6) is 0 Å². The summed E-state index contributed by atoms with van der Waals surface area (Å²) < 4.78 is 36.4. The molecule has 5 heteroatoms. The van der Waals surface area contributed by atoms with E-state index in [1.807, 2.05) is 0 Å². The number of nitrogens with one attached hydrogen (secondary N) is 1. The zero-order valence-electron chi connectivity index (χ0n) is 13.3. The third-order valence-electron chi connectivity index (χ3n) is 5.10. The summed E-state index contributed by atoms with van der Waals surface area (Å²) in [5.41, 5.74) is 0. The van der Waals surface area contributed by atoms with Crippen LogP contribution in [0.4, 0.5) is 13.2 Å². The zero-order chi connectivity index (χ0) is 15.5. The lowest BCUT2D eigenvalue weighted by Crippen LogP contribution is -2.58. The van der Waals surface area contributed by atoms with Crippen LogP contribution < -0.4 is 5.32 Å². The number of piperidine rings is 1.